The van der Waals surface area contributed by atoms with Gasteiger partial charge in [0.2, 0.25) is 0 Å². The average Bonchev–Trinajstić information content (AvgIpc) is 2.67. The SMILES string of the molecule is CS(OP(=O)(C(F)(F)C(F)(F)F)C(F)(F)C(F)(F)F)(c1ccccc1)c1ccccc1. The van der Waals surface area contributed by atoms with Crippen LogP contribution in [0.3, 0.4) is 0 Å². The lowest BCUT2D eigenvalue weighted by molar-refractivity contribution is -0.270. The Morgan fingerprint density at radius 2 is 0.935 bits per heavy atom. The number of halogens is 10. The Morgan fingerprint density at radius 3 is 1.19 bits per heavy atom. The predicted octanol–water partition coefficient (Wildman–Crippen LogP) is 8.06. The van der Waals surface area contributed by atoms with E-state index in [0.29, 0.717) is 0 Å². The summed E-state index contributed by atoms with van der Waals surface area (Å²) in [5, 5.41) is 0. The second-order valence-electron chi connectivity index (χ2n) is 6.17. The van der Waals surface area contributed by atoms with Gasteiger partial charge in [-0.15, -0.1) is 0 Å². The Bertz CT molecular complexity index is 875. The Kier molecular flexibility index (Phi) is 6.59. The van der Waals surface area contributed by atoms with Crippen molar-refractivity contribution in [1.29, 1.82) is 0 Å². The van der Waals surface area contributed by atoms with E-state index in [1.807, 2.05) is 0 Å². The summed E-state index contributed by atoms with van der Waals surface area (Å²) in [5.41, 5.74) is -14.0. The first-order valence-corrected chi connectivity index (χ1v) is 11.6. The first kappa shape index (κ1) is 25.5. The molecule has 2 rings (SSSR count). The van der Waals surface area contributed by atoms with Crippen LogP contribution in [0.25, 0.3) is 0 Å². The van der Waals surface area contributed by atoms with Crippen LogP contribution in [0.4, 0.5) is 43.9 Å². The molecular formula is C17H13F10O2PS. The summed E-state index contributed by atoms with van der Waals surface area (Å²) in [6.07, 6.45) is -13.3. The molecular weight excluding hydrogens is 489 g/mol. The van der Waals surface area contributed by atoms with Gasteiger partial charge in [0, 0.05) is 9.79 Å². The molecule has 0 aliphatic carbocycles. The fraction of sp³-hybridized carbons (Fsp3) is 0.294. The molecule has 0 spiro atoms. The third kappa shape index (κ3) is 4.19. The minimum absolute atomic E-state index is 0.308. The molecule has 14 heteroatoms. The lowest BCUT2D eigenvalue weighted by atomic mass is 10.4. The number of rotatable bonds is 6. The van der Waals surface area contributed by atoms with Crippen LogP contribution in [0, 0.1) is 0 Å². The van der Waals surface area contributed by atoms with Crippen LogP contribution < -0.4 is 0 Å². The third-order valence-corrected chi connectivity index (χ3v) is 10.4. The zero-order valence-corrected chi connectivity index (χ0v) is 16.9. The van der Waals surface area contributed by atoms with Crippen molar-refractivity contribution in [1.82, 2.24) is 0 Å². The van der Waals surface area contributed by atoms with Gasteiger partial charge in [0.05, 0.1) is 0 Å². The summed E-state index contributed by atoms with van der Waals surface area (Å²) >= 11 is 0. The van der Waals surface area contributed by atoms with Crippen molar-refractivity contribution in [2.45, 2.75) is 33.5 Å². The topological polar surface area (TPSA) is 26.3 Å². The van der Waals surface area contributed by atoms with Crippen LogP contribution in [-0.2, 0) is 8.54 Å². The van der Waals surface area contributed by atoms with Gasteiger partial charge < -0.3 is 0 Å². The molecule has 0 amide bonds. The van der Waals surface area contributed by atoms with Gasteiger partial charge in [0.25, 0.3) is 0 Å². The molecule has 0 radical (unpaired) electrons. The highest BCUT2D eigenvalue weighted by molar-refractivity contribution is 8.31. The van der Waals surface area contributed by atoms with Crippen molar-refractivity contribution in [2.24, 2.45) is 0 Å². The van der Waals surface area contributed by atoms with Gasteiger partial charge >= 0.3 is 31.0 Å². The number of alkyl halides is 10. The van der Waals surface area contributed by atoms with E-state index < -0.39 is 41.4 Å². The maximum Gasteiger partial charge on any atom is 0.463 e. The zero-order valence-electron chi connectivity index (χ0n) is 15.2. The van der Waals surface area contributed by atoms with Crippen molar-refractivity contribution in [2.75, 3.05) is 6.26 Å². The molecule has 2 aromatic carbocycles. The normalized spacial score (nSPS) is 15.1. The van der Waals surface area contributed by atoms with Crippen molar-refractivity contribution >= 4 is 17.7 Å². The summed E-state index contributed by atoms with van der Waals surface area (Å²) < 4.78 is 151. The number of hydrogen-bond donors (Lipinski definition) is 0. The molecule has 0 unspecified atom stereocenters. The standard InChI is InChI=1S/C17H13F10O2PS/c1-31(12-8-4-2-5-9-12,13-10-6-3-7-11-13)29-30(28,16(24,25)14(18,19)20)17(26,27)15(21,22)23/h2-11H,1H3. The maximum absolute atomic E-state index is 14.1. The largest absolute Gasteiger partial charge is 0.463 e. The molecule has 0 heterocycles. The molecule has 0 saturated heterocycles. The number of benzene rings is 2. The van der Waals surface area contributed by atoms with E-state index in [9.17, 15) is 48.5 Å². The summed E-state index contributed by atoms with van der Waals surface area (Å²) in [6.45, 7) is 0. The lowest BCUT2D eigenvalue weighted by Gasteiger charge is -2.43. The average molecular weight is 502 g/mol. The van der Waals surface area contributed by atoms with Crippen LogP contribution in [0.1, 0.15) is 0 Å². The Morgan fingerprint density at radius 1 is 0.645 bits per heavy atom. The van der Waals surface area contributed by atoms with E-state index in [4.69, 9.17) is 0 Å². The van der Waals surface area contributed by atoms with E-state index in [1.54, 1.807) is 0 Å². The van der Waals surface area contributed by atoms with Crippen LogP contribution in [0.5, 0.6) is 0 Å². The monoisotopic (exact) mass is 502 g/mol. The van der Waals surface area contributed by atoms with Crippen molar-refractivity contribution in [3.05, 3.63) is 60.7 Å². The van der Waals surface area contributed by atoms with Crippen LogP contribution in [0.15, 0.2) is 70.5 Å². The highest BCUT2D eigenvalue weighted by Crippen LogP contribution is 2.84. The molecule has 31 heavy (non-hydrogen) atoms. The molecule has 0 fully saturated rings. The van der Waals surface area contributed by atoms with Gasteiger partial charge in [-0.05, 0) is 30.5 Å². The molecule has 0 aromatic heterocycles. The van der Waals surface area contributed by atoms with E-state index in [0.717, 1.165) is 30.5 Å². The van der Waals surface area contributed by atoms with Gasteiger partial charge in [-0.1, -0.05) is 46.7 Å². The lowest BCUT2D eigenvalue weighted by Crippen LogP contribution is -2.48. The molecule has 0 saturated carbocycles. The molecule has 0 aliphatic heterocycles. The first-order valence-electron chi connectivity index (χ1n) is 8.01. The van der Waals surface area contributed by atoms with Crippen molar-refractivity contribution in [3.8, 4) is 0 Å². The zero-order chi connectivity index (χ0) is 23.9. The van der Waals surface area contributed by atoms with Gasteiger partial charge in [0.1, 0.15) is 0 Å². The second kappa shape index (κ2) is 8.00. The van der Waals surface area contributed by atoms with Gasteiger partial charge in [-0.3, -0.25) is 8.54 Å². The molecule has 2 nitrogen and oxygen atoms in total. The fourth-order valence-electron chi connectivity index (χ4n) is 2.40. The Hall–Kier alpha value is -1.72. The second-order valence-corrected chi connectivity index (χ2v) is 11.6. The molecule has 0 N–H and O–H groups in total. The quantitative estimate of drug-likeness (QED) is 0.295. The highest BCUT2D eigenvalue weighted by Gasteiger charge is 2.86. The minimum atomic E-state index is -8.20. The number of hydrogen-bond acceptors (Lipinski definition) is 2. The van der Waals surface area contributed by atoms with Crippen LogP contribution >= 0.6 is 17.7 Å². The summed E-state index contributed by atoms with van der Waals surface area (Å²) in [4.78, 5) is -0.616. The molecule has 2 aromatic rings. The smallest absolute Gasteiger partial charge is 0.278 e. The predicted molar refractivity (Wildman–Crippen MR) is 93.6 cm³/mol. The summed E-state index contributed by atoms with van der Waals surface area (Å²) in [5.74, 6) is 0. The fourth-order valence-corrected chi connectivity index (χ4v) is 8.16. The van der Waals surface area contributed by atoms with E-state index >= 15 is 0 Å². The van der Waals surface area contributed by atoms with E-state index in [-0.39, 0.29) is 9.79 Å². The Labute approximate surface area is 171 Å². The van der Waals surface area contributed by atoms with Crippen molar-refractivity contribution < 1.29 is 52.4 Å². The maximum atomic E-state index is 14.1. The van der Waals surface area contributed by atoms with Crippen molar-refractivity contribution in [3.63, 3.8) is 0 Å². The third-order valence-electron chi connectivity index (χ3n) is 4.06. The molecule has 0 bridgehead atoms. The van der Waals surface area contributed by atoms with Crippen LogP contribution in [-0.4, -0.2) is 29.9 Å². The Balaban J connectivity index is 2.87. The molecule has 0 atom stereocenters. The van der Waals surface area contributed by atoms with Gasteiger partial charge in [0.15, 0.2) is 0 Å². The highest BCUT2D eigenvalue weighted by atomic mass is 32.3. The molecule has 174 valence electrons. The van der Waals surface area contributed by atoms with E-state index in [1.165, 1.54) is 36.4 Å². The van der Waals surface area contributed by atoms with Gasteiger partial charge in [-0.2, -0.15) is 43.9 Å². The molecule has 0 aliphatic rings. The summed E-state index contributed by atoms with van der Waals surface area (Å²) in [6, 6.07) is 11.9. The van der Waals surface area contributed by atoms with E-state index in [2.05, 4.69) is 3.97 Å². The first-order chi connectivity index (χ1) is 13.9. The summed E-state index contributed by atoms with van der Waals surface area (Å²) in [7, 11) is -12.2. The minimum Gasteiger partial charge on any atom is -0.278 e. The van der Waals surface area contributed by atoms with Crippen LogP contribution in [0.2, 0.25) is 0 Å². The van der Waals surface area contributed by atoms with Gasteiger partial charge in [-0.25, -0.2) is 0 Å².